The second-order valence-corrected chi connectivity index (χ2v) is 5.24. The Balaban J connectivity index is 2.40. The molecule has 1 rings (SSSR count). The first-order valence-electron chi connectivity index (χ1n) is 6.07. The number of carbonyl (C=O) groups excluding carboxylic acids is 1. The molecular weight excluding hydrogens is 204 g/mol. The zero-order valence-electron chi connectivity index (χ0n) is 10.9. The van der Waals surface area contributed by atoms with Gasteiger partial charge in [0.2, 0.25) is 5.91 Å². The fourth-order valence-corrected chi connectivity index (χ4v) is 1.99. The lowest BCUT2D eigenvalue weighted by Crippen LogP contribution is -2.55. The summed E-state index contributed by atoms with van der Waals surface area (Å²) in [4.78, 5) is 11.9. The lowest BCUT2D eigenvalue weighted by atomic mass is 10.0. The standard InChI is InChI=1S/C12H24N2O2/c1-5-14-11(2,3)10(15)13-9-12(4)7-6-8-16-12/h14H,5-9H2,1-4H3,(H,13,15). The number of ether oxygens (including phenoxy) is 1. The van der Waals surface area contributed by atoms with Gasteiger partial charge in [-0.1, -0.05) is 6.92 Å². The van der Waals surface area contributed by atoms with E-state index < -0.39 is 5.54 Å². The van der Waals surface area contributed by atoms with Gasteiger partial charge in [-0.2, -0.15) is 0 Å². The van der Waals surface area contributed by atoms with Crippen molar-refractivity contribution < 1.29 is 9.53 Å². The van der Waals surface area contributed by atoms with Gasteiger partial charge in [-0.3, -0.25) is 4.79 Å². The third kappa shape index (κ3) is 3.46. The zero-order chi connectivity index (χ0) is 12.2. The van der Waals surface area contributed by atoms with E-state index in [1.807, 2.05) is 20.8 Å². The van der Waals surface area contributed by atoms with E-state index >= 15 is 0 Å². The minimum atomic E-state index is -0.510. The normalized spacial score (nSPS) is 25.8. The first-order valence-corrected chi connectivity index (χ1v) is 6.07. The maximum atomic E-state index is 11.9. The third-order valence-electron chi connectivity index (χ3n) is 3.11. The Hall–Kier alpha value is -0.610. The molecule has 0 spiro atoms. The smallest absolute Gasteiger partial charge is 0.239 e. The van der Waals surface area contributed by atoms with E-state index in [9.17, 15) is 4.79 Å². The zero-order valence-corrected chi connectivity index (χ0v) is 10.9. The number of likely N-dealkylation sites (N-methyl/N-ethyl adjacent to an activating group) is 1. The number of amides is 1. The van der Waals surface area contributed by atoms with Crippen LogP contribution in [-0.2, 0) is 9.53 Å². The molecule has 0 saturated carbocycles. The van der Waals surface area contributed by atoms with Crippen LogP contribution in [0.15, 0.2) is 0 Å². The fourth-order valence-electron chi connectivity index (χ4n) is 1.99. The van der Waals surface area contributed by atoms with E-state index in [2.05, 4.69) is 17.6 Å². The minimum absolute atomic E-state index is 0.0334. The molecule has 1 atom stereocenters. The van der Waals surface area contributed by atoms with E-state index in [0.29, 0.717) is 6.54 Å². The van der Waals surface area contributed by atoms with Gasteiger partial charge in [0.1, 0.15) is 0 Å². The summed E-state index contributed by atoms with van der Waals surface area (Å²) in [6, 6.07) is 0. The molecule has 1 aliphatic heterocycles. The molecule has 0 radical (unpaired) electrons. The van der Waals surface area contributed by atoms with Gasteiger partial charge in [0.05, 0.1) is 11.1 Å². The van der Waals surface area contributed by atoms with Crippen LogP contribution in [0.4, 0.5) is 0 Å². The third-order valence-corrected chi connectivity index (χ3v) is 3.11. The molecule has 1 fully saturated rings. The van der Waals surface area contributed by atoms with Crippen molar-refractivity contribution in [1.82, 2.24) is 10.6 Å². The Morgan fingerprint density at radius 2 is 2.19 bits per heavy atom. The van der Waals surface area contributed by atoms with Crippen LogP contribution in [0.1, 0.15) is 40.5 Å². The number of rotatable bonds is 5. The van der Waals surface area contributed by atoms with Crippen molar-refractivity contribution in [3.8, 4) is 0 Å². The molecule has 1 unspecified atom stereocenters. The Morgan fingerprint density at radius 3 is 2.69 bits per heavy atom. The lowest BCUT2D eigenvalue weighted by Gasteiger charge is -2.28. The Kier molecular flexibility index (Phi) is 4.33. The van der Waals surface area contributed by atoms with E-state index in [-0.39, 0.29) is 11.5 Å². The molecule has 1 amide bonds. The first-order chi connectivity index (χ1) is 7.40. The van der Waals surface area contributed by atoms with Gasteiger partial charge < -0.3 is 15.4 Å². The van der Waals surface area contributed by atoms with Crippen molar-refractivity contribution in [3.05, 3.63) is 0 Å². The van der Waals surface area contributed by atoms with Crippen LogP contribution in [0.3, 0.4) is 0 Å². The van der Waals surface area contributed by atoms with E-state index in [1.54, 1.807) is 0 Å². The quantitative estimate of drug-likeness (QED) is 0.740. The summed E-state index contributed by atoms with van der Waals surface area (Å²) >= 11 is 0. The summed E-state index contributed by atoms with van der Waals surface area (Å²) in [5, 5.41) is 6.12. The lowest BCUT2D eigenvalue weighted by molar-refractivity contribution is -0.127. The van der Waals surface area contributed by atoms with E-state index in [4.69, 9.17) is 4.74 Å². The monoisotopic (exact) mass is 228 g/mol. The van der Waals surface area contributed by atoms with Gasteiger partial charge in [0, 0.05) is 13.2 Å². The highest BCUT2D eigenvalue weighted by Gasteiger charge is 2.32. The summed E-state index contributed by atoms with van der Waals surface area (Å²) in [5.74, 6) is 0.0334. The predicted molar refractivity (Wildman–Crippen MR) is 64.4 cm³/mol. The van der Waals surface area contributed by atoms with Crippen molar-refractivity contribution in [3.63, 3.8) is 0 Å². The van der Waals surface area contributed by atoms with Crippen LogP contribution >= 0.6 is 0 Å². The molecule has 1 saturated heterocycles. The molecule has 4 nitrogen and oxygen atoms in total. The van der Waals surface area contributed by atoms with Crippen LogP contribution in [0.5, 0.6) is 0 Å². The van der Waals surface area contributed by atoms with Gasteiger partial charge in [-0.05, 0) is 40.2 Å². The Morgan fingerprint density at radius 1 is 1.50 bits per heavy atom. The van der Waals surface area contributed by atoms with Gasteiger partial charge in [0.15, 0.2) is 0 Å². The molecule has 94 valence electrons. The highest BCUT2D eigenvalue weighted by Crippen LogP contribution is 2.24. The van der Waals surface area contributed by atoms with Crippen LogP contribution in [-0.4, -0.2) is 36.7 Å². The number of hydrogen-bond donors (Lipinski definition) is 2. The number of nitrogens with one attached hydrogen (secondary N) is 2. The highest BCUT2D eigenvalue weighted by molar-refractivity contribution is 5.85. The van der Waals surface area contributed by atoms with Crippen molar-refractivity contribution in [2.24, 2.45) is 0 Å². The number of hydrogen-bond acceptors (Lipinski definition) is 3. The minimum Gasteiger partial charge on any atom is -0.373 e. The molecule has 1 heterocycles. The molecule has 1 aliphatic rings. The molecule has 16 heavy (non-hydrogen) atoms. The molecule has 0 aliphatic carbocycles. The van der Waals surface area contributed by atoms with Gasteiger partial charge in [0.25, 0.3) is 0 Å². The molecule has 0 aromatic heterocycles. The average Bonchev–Trinajstić information content (AvgIpc) is 2.62. The van der Waals surface area contributed by atoms with Crippen molar-refractivity contribution in [2.45, 2.75) is 51.7 Å². The molecular formula is C12H24N2O2. The van der Waals surface area contributed by atoms with Crippen molar-refractivity contribution >= 4 is 5.91 Å². The maximum absolute atomic E-state index is 11.9. The highest BCUT2D eigenvalue weighted by atomic mass is 16.5. The summed E-state index contributed by atoms with van der Waals surface area (Å²) in [6.45, 7) is 10.0. The second kappa shape index (κ2) is 5.15. The summed E-state index contributed by atoms with van der Waals surface area (Å²) in [6.07, 6.45) is 2.11. The SMILES string of the molecule is CCNC(C)(C)C(=O)NCC1(C)CCCO1. The average molecular weight is 228 g/mol. The van der Waals surface area contributed by atoms with Crippen LogP contribution in [0, 0.1) is 0 Å². The van der Waals surface area contributed by atoms with Crippen LogP contribution < -0.4 is 10.6 Å². The second-order valence-electron chi connectivity index (χ2n) is 5.24. The number of carbonyl (C=O) groups is 1. The van der Waals surface area contributed by atoms with Gasteiger partial charge in [-0.25, -0.2) is 0 Å². The molecule has 0 bridgehead atoms. The Labute approximate surface area is 98.1 Å². The fraction of sp³-hybridized carbons (Fsp3) is 0.917. The summed E-state index contributed by atoms with van der Waals surface area (Å²) < 4.78 is 5.63. The molecule has 4 heteroatoms. The molecule has 0 aromatic rings. The Bertz CT molecular complexity index is 245. The van der Waals surface area contributed by atoms with Crippen molar-refractivity contribution in [1.29, 1.82) is 0 Å². The first kappa shape index (κ1) is 13.5. The summed E-state index contributed by atoms with van der Waals surface area (Å²) in [7, 11) is 0. The van der Waals surface area contributed by atoms with Gasteiger partial charge >= 0.3 is 0 Å². The topological polar surface area (TPSA) is 50.4 Å². The maximum Gasteiger partial charge on any atom is 0.239 e. The van der Waals surface area contributed by atoms with E-state index in [0.717, 1.165) is 26.0 Å². The van der Waals surface area contributed by atoms with Crippen LogP contribution in [0.25, 0.3) is 0 Å². The van der Waals surface area contributed by atoms with Crippen molar-refractivity contribution in [2.75, 3.05) is 19.7 Å². The molecule has 2 N–H and O–H groups in total. The van der Waals surface area contributed by atoms with Gasteiger partial charge in [-0.15, -0.1) is 0 Å². The molecule has 0 aromatic carbocycles. The van der Waals surface area contributed by atoms with E-state index in [1.165, 1.54) is 0 Å². The largest absolute Gasteiger partial charge is 0.373 e. The van der Waals surface area contributed by atoms with Crippen LogP contribution in [0.2, 0.25) is 0 Å². The predicted octanol–water partition coefficient (Wildman–Crippen LogP) is 1.06. The summed E-state index contributed by atoms with van der Waals surface area (Å²) in [5.41, 5.74) is -0.679.